The van der Waals surface area contributed by atoms with E-state index in [1.807, 2.05) is 0 Å². The summed E-state index contributed by atoms with van der Waals surface area (Å²) in [5.74, 6) is -0.162. The Morgan fingerprint density at radius 2 is 0.816 bits per heavy atom. The molecule has 0 aromatic heterocycles. The molecule has 0 saturated carbocycles. The summed E-state index contributed by atoms with van der Waals surface area (Å²) in [6, 6.07) is 21.1. The minimum atomic E-state index is -4.48. The fourth-order valence-electron chi connectivity index (χ4n) is 3.39. The zero-order valence-electron chi connectivity index (χ0n) is 19.0. The molecular formula is C24H16N2O10S2. The number of para-hydroxylation sites is 2. The molecule has 12 nitrogen and oxygen atoms in total. The first-order chi connectivity index (χ1) is 18.0. The largest absolute Gasteiger partial charge is 0.379 e. The molecule has 0 amide bonds. The highest BCUT2D eigenvalue weighted by Crippen LogP contribution is 2.30. The Balaban J connectivity index is 1.50. The summed E-state index contributed by atoms with van der Waals surface area (Å²) < 4.78 is 60.4. The van der Waals surface area contributed by atoms with Gasteiger partial charge in [0.1, 0.15) is 11.5 Å². The van der Waals surface area contributed by atoms with Gasteiger partial charge in [0.2, 0.25) is 0 Å². The van der Waals surface area contributed by atoms with Gasteiger partial charge in [-0.2, -0.15) is 16.8 Å². The zero-order chi connectivity index (χ0) is 27.5. The van der Waals surface area contributed by atoms with Crippen LogP contribution in [0, 0.1) is 20.2 Å². The molecule has 0 radical (unpaired) electrons. The first kappa shape index (κ1) is 26.2. The summed E-state index contributed by atoms with van der Waals surface area (Å²) in [5, 5.41) is 22.3. The Hall–Kier alpha value is -4.82. The van der Waals surface area contributed by atoms with Gasteiger partial charge in [0.25, 0.3) is 11.4 Å². The molecule has 4 aromatic carbocycles. The van der Waals surface area contributed by atoms with Crippen LogP contribution in [0.3, 0.4) is 0 Å². The van der Waals surface area contributed by atoms with Gasteiger partial charge in [-0.05, 0) is 47.5 Å². The number of rotatable bonds is 9. The van der Waals surface area contributed by atoms with Crippen molar-refractivity contribution in [3.05, 3.63) is 117 Å². The summed E-state index contributed by atoms with van der Waals surface area (Å²) >= 11 is 0. The van der Waals surface area contributed by atoms with Crippen LogP contribution in [-0.2, 0) is 20.2 Å². The van der Waals surface area contributed by atoms with E-state index in [9.17, 15) is 37.1 Å². The lowest BCUT2D eigenvalue weighted by atomic mass is 10.1. The number of hydrogen-bond donors (Lipinski definition) is 0. The van der Waals surface area contributed by atoms with E-state index >= 15 is 0 Å². The van der Waals surface area contributed by atoms with Gasteiger partial charge in [-0.15, -0.1) is 0 Å². The van der Waals surface area contributed by atoms with Gasteiger partial charge in [-0.25, -0.2) is 0 Å². The quantitative estimate of drug-likeness (QED) is 0.160. The molecule has 0 saturated heterocycles. The second kappa shape index (κ2) is 10.3. The van der Waals surface area contributed by atoms with Crippen molar-refractivity contribution in [2.75, 3.05) is 0 Å². The summed E-state index contributed by atoms with van der Waals surface area (Å²) in [4.78, 5) is 19.5. The van der Waals surface area contributed by atoms with Gasteiger partial charge < -0.3 is 8.37 Å². The van der Waals surface area contributed by atoms with Crippen molar-refractivity contribution in [3.63, 3.8) is 0 Å². The van der Waals surface area contributed by atoms with E-state index in [2.05, 4.69) is 0 Å². The maximum Gasteiger partial charge on any atom is 0.346 e. The fraction of sp³-hybridized carbons (Fsp3) is 0. The molecule has 4 rings (SSSR count). The van der Waals surface area contributed by atoms with Crippen LogP contribution in [0.4, 0.5) is 11.4 Å². The topological polar surface area (TPSA) is 173 Å². The van der Waals surface area contributed by atoms with Crippen LogP contribution in [0.25, 0.3) is 11.1 Å². The Labute approximate surface area is 216 Å². The van der Waals surface area contributed by atoms with Crippen molar-refractivity contribution >= 4 is 31.6 Å². The van der Waals surface area contributed by atoms with E-state index in [1.54, 1.807) is 0 Å². The molecule has 194 valence electrons. The zero-order valence-corrected chi connectivity index (χ0v) is 20.7. The van der Waals surface area contributed by atoms with Gasteiger partial charge >= 0.3 is 20.2 Å². The second-order valence-corrected chi connectivity index (χ2v) is 10.6. The monoisotopic (exact) mass is 556 g/mol. The number of nitrogens with zero attached hydrogens (tertiary/aromatic N) is 2. The van der Waals surface area contributed by atoms with Crippen molar-refractivity contribution in [1.29, 1.82) is 0 Å². The Morgan fingerprint density at radius 3 is 1.13 bits per heavy atom. The normalized spacial score (nSPS) is 11.5. The van der Waals surface area contributed by atoms with Crippen LogP contribution in [0.15, 0.2) is 107 Å². The lowest BCUT2D eigenvalue weighted by Crippen LogP contribution is -2.12. The maximum atomic E-state index is 12.6. The van der Waals surface area contributed by atoms with Crippen LogP contribution in [0.5, 0.6) is 11.5 Å². The van der Waals surface area contributed by atoms with Crippen LogP contribution in [-0.4, -0.2) is 26.7 Å². The minimum Gasteiger partial charge on any atom is -0.379 e. The molecule has 0 aliphatic rings. The molecule has 0 N–H and O–H groups in total. The summed E-state index contributed by atoms with van der Waals surface area (Å²) in [6.07, 6.45) is 0. The number of benzene rings is 4. The van der Waals surface area contributed by atoms with E-state index in [1.165, 1.54) is 72.8 Å². The lowest BCUT2D eigenvalue weighted by Gasteiger charge is -2.10. The summed E-state index contributed by atoms with van der Waals surface area (Å²) in [6.45, 7) is 0. The summed E-state index contributed by atoms with van der Waals surface area (Å²) in [5.41, 5.74) is -0.0206. The molecule has 4 aromatic rings. The van der Waals surface area contributed by atoms with Crippen LogP contribution in [0.2, 0.25) is 0 Å². The summed E-state index contributed by atoms with van der Waals surface area (Å²) in [7, 11) is -8.96. The maximum absolute atomic E-state index is 12.6. The van der Waals surface area contributed by atoms with Gasteiger partial charge in [-0.3, -0.25) is 20.2 Å². The van der Waals surface area contributed by atoms with Crippen molar-refractivity contribution in [3.8, 4) is 22.6 Å². The van der Waals surface area contributed by atoms with Crippen molar-refractivity contribution in [2.24, 2.45) is 0 Å². The average Bonchev–Trinajstić information content (AvgIpc) is 2.89. The van der Waals surface area contributed by atoms with Gasteiger partial charge in [-0.1, -0.05) is 48.5 Å². The molecule has 14 heteroatoms. The van der Waals surface area contributed by atoms with Crippen LogP contribution < -0.4 is 8.37 Å². The predicted molar refractivity (Wildman–Crippen MR) is 134 cm³/mol. The molecule has 0 atom stereocenters. The van der Waals surface area contributed by atoms with Crippen LogP contribution in [0.1, 0.15) is 0 Å². The highest BCUT2D eigenvalue weighted by Gasteiger charge is 2.28. The predicted octanol–water partition coefficient (Wildman–Crippen LogP) is 4.71. The SMILES string of the molecule is O=[N+]([O-])c1ccccc1S(=O)(=O)Oc1ccc(-c2ccc(OS(=O)(=O)c3ccccc3[N+](=O)[O-])cc2)cc1. The molecule has 0 aliphatic carbocycles. The standard InChI is InChI=1S/C24H16N2O10S2/c27-25(28)21-5-1-3-7-23(21)37(31,32)35-19-13-9-17(10-14-19)18-11-15-20(16-12-18)36-38(33,34)24-8-4-2-6-22(24)26(29)30/h1-16H. The third-order valence-electron chi connectivity index (χ3n) is 5.12. The number of hydrogen-bond acceptors (Lipinski definition) is 10. The smallest absolute Gasteiger partial charge is 0.346 e. The Bertz CT molecular complexity index is 1600. The number of nitro groups is 2. The Kier molecular flexibility index (Phi) is 7.10. The van der Waals surface area contributed by atoms with Crippen molar-refractivity contribution in [1.82, 2.24) is 0 Å². The third-order valence-corrected chi connectivity index (χ3v) is 7.71. The Morgan fingerprint density at radius 1 is 0.500 bits per heavy atom. The first-order valence-corrected chi connectivity index (χ1v) is 13.4. The lowest BCUT2D eigenvalue weighted by molar-refractivity contribution is -0.388. The molecule has 0 heterocycles. The van der Waals surface area contributed by atoms with E-state index in [-0.39, 0.29) is 11.5 Å². The average molecular weight is 557 g/mol. The van der Waals surface area contributed by atoms with Gasteiger partial charge in [0, 0.05) is 12.1 Å². The van der Waals surface area contributed by atoms with Gasteiger partial charge in [0.05, 0.1) is 9.85 Å². The minimum absolute atomic E-state index is 0.0811. The van der Waals surface area contributed by atoms with E-state index in [0.29, 0.717) is 11.1 Å². The number of nitro benzene ring substituents is 2. The molecule has 0 aliphatic heterocycles. The molecule has 0 bridgehead atoms. The fourth-order valence-corrected chi connectivity index (χ4v) is 5.58. The molecule has 0 spiro atoms. The van der Waals surface area contributed by atoms with E-state index in [0.717, 1.165) is 24.3 Å². The van der Waals surface area contributed by atoms with Gasteiger partial charge in [0.15, 0.2) is 9.79 Å². The van der Waals surface area contributed by atoms with E-state index < -0.39 is 51.2 Å². The van der Waals surface area contributed by atoms with E-state index in [4.69, 9.17) is 8.37 Å². The highest BCUT2D eigenvalue weighted by molar-refractivity contribution is 7.87. The first-order valence-electron chi connectivity index (χ1n) is 10.5. The highest BCUT2D eigenvalue weighted by atomic mass is 32.2. The molecule has 38 heavy (non-hydrogen) atoms. The molecule has 0 unspecified atom stereocenters. The third kappa shape index (κ3) is 5.61. The second-order valence-electron chi connectivity index (χ2n) is 7.57. The van der Waals surface area contributed by atoms with Crippen molar-refractivity contribution < 1.29 is 35.0 Å². The van der Waals surface area contributed by atoms with Crippen molar-refractivity contribution in [2.45, 2.75) is 9.79 Å². The van der Waals surface area contributed by atoms with Crippen LogP contribution >= 0.6 is 0 Å². The molecular weight excluding hydrogens is 540 g/mol. The molecule has 0 fully saturated rings.